The van der Waals surface area contributed by atoms with Gasteiger partial charge in [-0.2, -0.15) is 0 Å². The summed E-state index contributed by atoms with van der Waals surface area (Å²) in [4.78, 5) is 27.0. The number of fused-ring (bicyclic) bond motifs is 2. The summed E-state index contributed by atoms with van der Waals surface area (Å²) in [5.41, 5.74) is 3.68. The number of carbonyl (C=O) groups excluding carboxylic acids is 2. The molecule has 0 radical (unpaired) electrons. The van der Waals surface area contributed by atoms with Gasteiger partial charge in [-0.1, -0.05) is 49.4 Å². The minimum Gasteiger partial charge on any atom is -0.311 e. The van der Waals surface area contributed by atoms with Crippen LogP contribution in [0.2, 0.25) is 0 Å². The van der Waals surface area contributed by atoms with Crippen LogP contribution in [0, 0.1) is 0 Å². The van der Waals surface area contributed by atoms with Crippen LogP contribution in [0.15, 0.2) is 48.5 Å². The monoisotopic (exact) mass is 305 g/mol. The fourth-order valence-corrected chi connectivity index (χ4v) is 4.11. The van der Waals surface area contributed by atoms with E-state index >= 15 is 0 Å². The third-order valence-electron chi connectivity index (χ3n) is 5.21. The Balaban J connectivity index is 1.77. The lowest BCUT2D eigenvalue weighted by Crippen LogP contribution is -2.30. The molecule has 1 fully saturated rings. The largest absolute Gasteiger partial charge is 0.311 e. The summed E-state index contributed by atoms with van der Waals surface area (Å²) in [5.74, 6) is 0.287. The Morgan fingerprint density at radius 3 is 2.57 bits per heavy atom. The zero-order valence-electron chi connectivity index (χ0n) is 13.2. The van der Waals surface area contributed by atoms with Gasteiger partial charge in [0.2, 0.25) is 5.91 Å². The van der Waals surface area contributed by atoms with Crippen LogP contribution in [-0.2, 0) is 16.6 Å². The number of benzene rings is 2. The van der Waals surface area contributed by atoms with Crippen molar-refractivity contribution in [2.75, 3.05) is 11.4 Å². The molecule has 1 aliphatic carbocycles. The summed E-state index contributed by atoms with van der Waals surface area (Å²) in [7, 11) is 0. The molecule has 1 atom stereocenters. The molecule has 116 valence electrons. The van der Waals surface area contributed by atoms with Crippen LogP contribution >= 0.6 is 0 Å². The van der Waals surface area contributed by atoms with Crippen molar-refractivity contribution in [1.82, 2.24) is 0 Å². The Morgan fingerprint density at radius 1 is 1.00 bits per heavy atom. The van der Waals surface area contributed by atoms with Crippen LogP contribution < -0.4 is 4.90 Å². The fourth-order valence-electron chi connectivity index (χ4n) is 4.11. The Hall–Kier alpha value is -2.42. The Morgan fingerprint density at radius 2 is 1.74 bits per heavy atom. The summed E-state index contributed by atoms with van der Waals surface area (Å²) in [6.07, 6.45) is 1.76. The smallest absolute Gasteiger partial charge is 0.228 e. The summed E-state index contributed by atoms with van der Waals surface area (Å²) in [5, 5.41) is 0. The average Bonchev–Trinajstić information content (AvgIpc) is 3.05. The van der Waals surface area contributed by atoms with E-state index in [9.17, 15) is 9.59 Å². The molecule has 2 aliphatic rings. The van der Waals surface area contributed by atoms with E-state index in [2.05, 4.69) is 13.0 Å². The third kappa shape index (κ3) is 2.03. The molecule has 3 nitrogen and oxygen atoms in total. The molecule has 23 heavy (non-hydrogen) atoms. The van der Waals surface area contributed by atoms with Crippen LogP contribution in [0.4, 0.5) is 5.69 Å². The van der Waals surface area contributed by atoms with Gasteiger partial charge in [-0.15, -0.1) is 0 Å². The number of carbonyl (C=O) groups is 2. The summed E-state index contributed by atoms with van der Waals surface area (Å²) >= 11 is 0. The number of aryl methyl sites for hydroxylation is 1. The molecule has 0 aromatic heterocycles. The van der Waals surface area contributed by atoms with Crippen LogP contribution in [-0.4, -0.2) is 18.2 Å². The molecule has 4 rings (SSSR count). The van der Waals surface area contributed by atoms with Crippen molar-refractivity contribution in [3.8, 4) is 0 Å². The molecule has 0 saturated carbocycles. The Labute approximate surface area is 135 Å². The molecule has 1 saturated heterocycles. The van der Waals surface area contributed by atoms with E-state index in [1.165, 1.54) is 5.56 Å². The second kappa shape index (κ2) is 5.05. The van der Waals surface area contributed by atoms with Crippen LogP contribution in [0.5, 0.6) is 0 Å². The molecule has 0 N–H and O–H groups in total. The van der Waals surface area contributed by atoms with E-state index in [-0.39, 0.29) is 17.1 Å². The fraction of sp³-hybridized carbons (Fsp3) is 0.300. The molecule has 2 aromatic carbocycles. The molecule has 3 heteroatoms. The van der Waals surface area contributed by atoms with E-state index < -0.39 is 0 Å². The third-order valence-corrected chi connectivity index (χ3v) is 5.21. The van der Waals surface area contributed by atoms with Crippen molar-refractivity contribution in [3.63, 3.8) is 0 Å². The molecule has 2 aromatic rings. The molecule has 0 bridgehead atoms. The Kier molecular flexibility index (Phi) is 3.12. The van der Waals surface area contributed by atoms with Crippen LogP contribution in [0.3, 0.4) is 0 Å². The van der Waals surface area contributed by atoms with E-state index in [4.69, 9.17) is 0 Å². The van der Waals surface area contributed by atoms with Crippen molar-refractivity contribution in [2.45, 2.75) is 31.6 Å². The molecule has 1 unspecified atom stereocenters. The lowest BCUT2D eigenvalue weighted by atomic mass is 9.81. The lowest BCUT2D eigenvalue weighted by molar-refractivity contribution is -0.117. The first-order valence-corrected chi connectivity index (χ1v) is 8.15. The van der Waals surface area contributed by atoms with E-state index in [1.807, 2.05) is 47.4 Å². The highest BCUT2D eigenvalue weighted by Crippen LogP contribution is 2.47. The predicted octanol–water partition coefficient (Wildman–Crippen LogP) is 3.51. The van der Waals surface area contributed by atoms with Gasteiger partial charge >= 0.3 is 0 Å². The van der Waals surface area contributed by atoms with Gasteiger partial charge in [-0.05, 0) is 23.6 Å². The van der Waals surface area contributed by atoms with Crippen molar-refractivity contribution in [3.05, 3.63) is 65.2 Å². The second-order valence-corrected chi connectivity index (χ2v) is 6.56. The number of anilines is 1. The summed E-state index contributed by atoms with van der Waals surface area (Å²) < 4.78 is 0. The molecule has 1 aliphatic heterocycles. The number of hydrogen-bond acceptors (Lipinski definition) is 2. The Bertz CT molecular complexity index is 811. The first-order valence-electron chi connectivity index (χ1n) is 8.15. The number of ketones is 1. The maximum Gasteiger partial charge on any atom is 0.228 e. The van der Waals surface area contributed by atoms with Gasteiger partial charge < -0.3 is 4.90 Å². The molecular formula is C20H19NO2. The van der Waals surface area contributed by atoms with Gasteiger partial charge in [-0.25, -0.2) is 0 Å². The van der Waals surface area contributed by atoms with Crippen molar-refractivity contribution < 1.29 is 9.59 Å². The highest BCUT2D eigenvalue weighted by atomic mass is 16.2. The van der Waals surface area contributed by atoms with E-state index in [1.54, 1.807) is 0 Å². The van der Waals surface area contributed by atoms with Gasteiger partial charge in [0.15, 0.2) is 5.78 Å². The number of nitrogens with zero attached hydrogens (tertiary/aromatic N) is 1. The second-order valence-electron chi connectivity index (χ2n) is 6.56. The number of hydrogen-bond donors (Lipinski definition) is 0. The molecule has 1 spiro atoms. The van der Waals surface area contributed by atoms with Gasteiger partial charge in [0.25, 0.3) is 0 Å². The highest BCUT2D eigenvalue weighted by molar-refractivity contribution is 6.06. The van der Waals surface area contributed by atoms with Crippen molar-refractivity contribution >= 4 is 17.4 Å². The minimum atomic E-state index is -0.342. The number of Topliss-reactive ketones (excluding diaryl/α,β-unsaturated/α-hetero) is 1. The predicted molar refractivity (Wildman–Crippen MR) is 89.9 cm³/mol. The van der Waals surface area contributed by atoms with Crippen LogP contribution in [0.1, 0.15) is 41.3 Å². The van der Waals surface area contributed by atoms with E-state index in [0.29, 0.717) is 19.4 Å². The maximum absolute atomic E-state index is 12.7. The number of rotatable bonds is 2. The highest BCUT2D eigenvalue weighted by Gasteiger charge is 2.51. The molecule has 1 heterocycles. The van der Waals surface area contributed by atoms with Gasteiger partial charge in [0.1, 0.15) is 0 Å². The topological polar surface area (TPSA) is 37.4 Å². The van der Waals surface area contributed by atoms with Gasteiger partial charge in [0, 0.05) is 36.1 Å². The van der Waals surface area contributed by atoms with Gasteiger partial charge in [-0.3, -0.25) is 9.59 Å². The van der Waals surface area contributed by atoms with Gasteiger partial charge in [0.05, 0.1) is 0 Å². The quantitative estimate of drug-likeness (QED) is 0.851. The number of para-hydroxylation sites is 1. The lowest BCUT2D eigenvalue weighted by Gasteiger charge is -2.25. The normalized spacial score (nSPS) is 22.9. The standard InChI is InChI=1S/C20H19NO2/c1-2-14-7-3-6-10-17(14)21-13-20(12-19(21)23)11-18(22)15-8-4-5-9-16(15)20/h3-10H,2,11-13H2,1H3. The zero-order chi connectivity index (χ0) is 16.0. The number of amides is 1. The molecule has 1 amide bonds. The first kappa shape index (κ1) is 14.2. The summed E-state index contributed by atoms with van der Waals surface area (Å²) in [6, 6.07) is 15.8. The zero-order valence-corrected chi connectivity index (χ0v) is 13.2. The van der Waals surface area contributed by atoms with Crippen molar-refractivity contribution in [2.24, 2.45) is 0 Å². The SMILES string of the molecule is CCc1ccccc1N1CC2(CC(=O)c3ccccc32)CC1=O. The van der Waals surface area contributed by atoms with Crippen LogP contribution in [0.25, 0.3) is 0 Å². The first-order chi connectivity index (χ1) is 11.1. The van der Waals surface area contributed by atoms with Crippen molar-refractivity contribution in [1.29, 1.82) is 0 Å². The van der Waals surface area contributed by atoms with E-state index in [0.717, 1.165) is 23.2 Å². The molecular weight excluding hydrogens is 286 g/mol. The summed E-state index contributed by atoms with van der Waals surface area (Å²) in [6.45, 7) is 2.70. The average molecular weight is 305 g/mol. The maximum atomic E-state index is 12.7. The minimum absolute atomic E-state index is 0.121.